The largest absolute Gasteiger partial charge is 0.464 e. The molecule has 0 aliphatic rings. The van der Waals surface area contributed by atoms with E-state index >= 15 is 0 Å². The number of rotatable bonds is 9. The summed E-state index contributed by atoms with van der Waals surface area (Å²) in [6, 6.07) is 0. The fraction of sp³-hybridized carbons (Fsp3) is 0.842. The van der Waals surface area contributed by atoms with Crippen molar-refractivity contribution in [1.82, 2.24) is 10.6 Å². The first-order valence-electron chi connectivity index (χ1n) is 9.39. The molecule has 0 saturated heterocycles. The highest BCUT2D eigenvalue weighted by atomic mass is 16.6. The monoisotopic (exact) mass is 404 g/mol. The lowest BCUT2D eigenvalue weighted by Crippen LogP contribution is -2.44. The minimum Gasteiger partial charge on any atom is -0.464 e. The standard InChI is InChI=1S/C19H36N2O7/c1-13(2)11-26-15(22)12-25-14(9-20-16(23)27-18(3,4)5)10-21-17(24)28-19(6,7)8/h13-14H,9-12H2,1-8H3,(H,20,23)(H,21,24). The first kappa shape index (κ1) is 26.0. The number of ether oxygens (including phenoxy) is 4. The lowest BCUT2D eigenvalue weighted by atomic mass is 10.2. The van der Waals surface area contributed by atoms with Crippen molar-refractivity contribution in [3.63, 3.8) is 0 Å². The molecule has 2 amide bonds. The maximum Gasteiger partial charge on any atom is 0.407 e. The predicted octanol–water partition coefficient (Wildman–Crippen LogP) is 2.62. The quantitative estimate of drug-likeness (QED) is 0.449. The van der Waals surface area contributed by atoms with Crippen molar-refractivity contribution < 1.29 is 33.3 Å². The van der Waals surface area contributed by atoms with Gasteiger partial charge in [0.2, 0.25) is 0 Å². The van der Waals surface area contributed by atoms with Crippen molar-refractivity contribution in [3.05, 3.63) is 0 Å². The molecule has 0 atom stereocenters. The van der Waals surface area contributed by atoms with E-state index in [0.29, 0.717) is 6.61 Å². The normalized spacial score (nSPS) is 11.9. The Kier molecular flexibility index (Phi) is 10.9. The van der Waals surface area contributed by atoms with Gasteiger partial charge in [-0.1, -0.05) is 13.8 Å². The Hall–Kier alpha value is -2.03. The van der Waals surface area contributed by atoms with Crippen LogP contribution < -0.4 is 10.6 Å². The molecule has 0 rings (SSSR count). The van der Waals surface area contributed by atoms with E-state index < -0.39 is 35.5 Å². The van der Waals surface area contributed by atoms with Crippen LogP contribution in [0.15, 0.2) is 0 Å². The van der Waals surface area contributed by atoms with Crippen molar-refractivity contribution in [1.29, 1.82) is 0 Å². The Morgan fingerprint density at radius 1 is 0.821 bits per heavy atom. The van der Waals surface area contributed by atoms with Gasteiger partial charge in [0, 0.05) is 13.1 Å². The number of hydrogen-bond donors (Lipinski definition) is 2. The number of esters is 1. The molecule has 9 nitrogen and oxygen atoms in total. The van der Waals surface area contributed by atoms with E-state index in [9.17, 15) is 14.4 Å². The molecule has 2 N–H and O–H groups in total. The van der Waals surface area contributed by atoms with E-state index in [1.165, 1.54) is 0 Å². The number of hydrogen-bond acceptors (Lipinski definition) is 7. The maximum atomic E-state index is 11.8. The first-order valence-corrected chi connectivity index (χ1v) is 9.39. The molecule has 0 radical (unpaired) electrons. The Labute approximate surface area is 167 Å². The number of alkyl carbamates (subject to hydrolysis) is 2. The molecule has 0 spiro atoms. The molecule has 0 aliphatic carbocycles. The predicted molar refractivity (Wildman–Crippen MR) is 104 cm³/mol. The third-order valence-corrected chi connectivity index (χ3v) is 2.76. The summed E-state index contributed by atoms with van der Waals surface area (Å²) in [5.41, 5.74) is -1.29. The van der Waals surface area contributed by atoms with Crippen LogP contribution in [0.4, 0.5) is 9.59 Å². The highest BCUT2D eigenvalue weighted by molar-refractivity contribution is 5.71. The van der Waals surface area contributed by atoms with Gasteiger partial charge in [-0.05, 0) is 47.5 Å². The fourth-order valence-corrected chi connectivity index (χ4v) is 1.70. The smallest absolute Gasteiger partial charge is 0.407 e. The summed E-state index contributed by atoms with van der Waals surface area (Å²) in [4.78, 5) is 35.4. The van der Waals surface area contributed by atoms with Gasteiger partial charge in [-0.25, -0.2) is 14.4 Å². The lowest BCUT2D eigenvalue weighted by molar-refractivity contribution is -0.151. The molecule has 9 heteroatoms. The number of carbonyl (C=O) groups excluding carboxylic acids is 3. The molecule has 0 aromatic heterocycles. The van der Waals surface area contributed by atoms with Gasteiger partial charge >= 0.3 is 18.2 Å². The topological polar surface area (TPSA) is 112 Å². The summed E-state index contributed by atoms with van der Waals surface area (Å²) in [6.07, 6.45) is -1.92. The van der Waals surface area contributed by atoms with Crippen molar-refractivity contribution in [3.8, 4) is 0 Å². The molecule has 0 bridgehead atoms. The van der Waals surface area contributed by atoms with E-state index in [4.69, 9.17) is 18.9 Å². The minimum absolute atomic E-state index is 0.0299. The van der Waals surface area contributed by atoms with Crippen LogP contribution in [0.25, 0.3) is 0 Å². The van der Waals surface area contributed by atoms with E-state index in [2.05, 4.69) is 10.6 Å². The molecule has 0 heterocycles. The Bertz CT molecular complexity index is 475. The van der Waals surface area contributed by atoms with Crippen LogP contribution in [0.1, 0.15) is 55.4 Å². The zero-order valence-electron chi connectivity index (χ0n) is 18.3. The van der Waals surface area contributed by atoms with E-state index in [1.54, 1.807) is 41.5 Å². The third-order valence-electron chi connectivity index (χ3n) is 2.76. The summed E-state index contributed by atoms with van der Waals surface area (Å²) >= 11 is 0. The Morgan fingerprint density at radius 3 is 1.61 bits per heavy atom. The fourth-order valence-electron chi connectivity index (χ4n) is 1.70. The number of nitrogens with one attached hydrogen (secondary N) is 2. The molecule has 0 fully saturated rings. The molecular weight excluding hydrogens is 368 g/mol. The molecule has 0 aliphatic heterocycles. The van der Waals surface area contributed by atoms with Gasteiger partial charge < -0.3 is 29.6 Å². The lowest BCUT2D eigenvalue weighted by Gasteiger charge is -2.23. The number of carbonyl (C=O) groups is 3. The minimum atomic E-state index is -0.674. The third kappa shape index (κ3) is 16.2. The Morgan fingerprint density at radius 2 is 1.25 bits per heavy atom. The van der Waals surface area contributed by atoms with Crippen LogP contribution in [-0.2, 0) is 23.7 Å². The van der Waals surface area contributed by atoms with Crippen LogP contribution in [0.5, 0.6) is 0 Å². The average Bonchev–Trinajstić information content (AvgIpc) is 2.48. The summed E-state index contributed by atoms with van der Waals surface area (Å²) in [5, 5.41) is 5.11. The van der Waals surface area contributed by atoms with Crippen LogP contribution >= 0.6 is 0 Å². The van der Waals surface area contributed by atoms with Crippen LogP contribution in [0, 0.1) is 5.92 Å². The van der Waals surface area contributed by atoms with E-state index in [0.717, 1.165) is 0 Å². The van der Waals surface area contributed by atoms with Gasteiger partial charge in [-0.2, -0.15) is 0 Å². The molecule has 0 saturated carbocycles. The summed E-state index contributed by atoms with van der Waals surface area (Å²) in [7, 11) is 0. The first-order chi connectivity index (χ1) is 12.7. The molecule has 0 aromatic rings. The van der Waals surface area contributed by atoms with Crippen molar-refractivity contribution in [2.24, 2.45) is 5.92 Å². The van der Waals surface area contributed by atoms with Gasteiger partial charge in [0.15, 0.2) is 0 Å². The maximum absolute atomic E-state index is 11.8. The SMILES string of the molecule is CC(C)COC(=O)COC(CNC(=O)OC(C)(C)C)CNC(=O)OC(C)(C)C. The van der Waals surface area contributed by atoms with Gasteiger partial charge in [-0.15, -0.1) is 0 Å². The highest BCUT2D eigenvalue weighted by Gasteiger charge is 2.21. The molecule has 0 aromatic carbocycles. The molecule has 0 unspecified atom stereocenters. The number of amides is 2. The second-order valence-corrected chi connectivity index (χ2v) is 8.78. The van der Waals surface area contributed by atoms with Crippen molar-refractivity contribution in [2.75, 3.05) is 26.3 Å². The zero-order valence-corrected chi connectivity index (χ0v) is 18.3. The van der Waals surface area contributed by atoms with Crippen LogP contribution in [-0.4, -0.2) is 61.8 Å². The summed E-state index contributed by atoms with van der Waals surface area (Å²) < 4.78 is 20.9. The molecule has 28 heavy (non-hydrogen) atoms. The molecular formula is C19H36N2O7. The van der Waals surface area contributed by atoms with Gasteiger partial charge in [0.1, 0.15) is 17.8 Å². The van der Waals surface area contributed by atoms with Gasteiger partial charge in [0.05, 0.1) is 12.7 Å². The zero-order chi connectivity index (χ0) is 22.0. The molecule has 164 valence electrons. The van der Waals surface area contributed by atoms with Crippen LogP contribution in [0.3, 0.4) is 0 Å². The van der Waals surface area contributed by atoms with Crippen LogP contribution in [0.2, 0.25) is 0 Å². The Balaban J connectivity index is 4.62. The highest BCUT2D eigenvalue weighted by Crippen LogP contribution is 2.07. The van der Waals surface area contributed by atoms with E-state index in [1.807, 2.05) is 13.8 Å². The second kappa shape index (κ2) is 11.7. The van der Waals surface area contributed by atoms with Gasteiger partial charge in [0.25, 0.3) is 0 Å². The average molecular weight is 405 g/mol. The summed E-state index contributed by atoms with van der Waals surface area (Å²) in [6.45, 7) is 14.4. The van der Waals surface area contributed by atoms with E-state index in [-0.39, 0.29) is 25.6 Å². The second-order valence-electron chi connectivity index (χ2n) is 8.78. The van der Waals surface area contributed by atoms with Crippen molar-refractivity contribution in [2.45, 2.75) is 72.7 Å². The van der Waals surface area contributed by atoms with Crippen molar-refractivity contribution >= 4 is 18.2 Å². The summed E-state index contributed by atoms with van der Waals surface area (Å²) in [5.74, 6) is -0.310. The van der Waals surface area contributed by atoms with Gasteiger partial charge in [-0.3, -0.25) is 0 Å².